The third kappa shape index (κ3) is 4.26. The van der Waals surface area contributed by atoms with Crippen LogP contribution < -0.4 is 15.0 Å². The van der Waals surface area contributed by atoms with Crippen LogP contribution in [0, 0.1) is 13.8 Å². The average molecular weight is 466 g/mol. The number of imide groups is 1. The first-order chi connectivity index (χ1) is 16.1. The number of ether oxygens (including phenoxy) is 1. The molecule has 34 heavy (non-hydrogen) atoms. The molecule has 0 spiro atoms. The van der Waals surface area contributed by atoms with Gasteiger partial charge < -0.3 is 10.1 Å². The fraction of sp³-hybridized carbons (Fsp3) is 0.154. The molecule has 3 aromatic carbocycles. The molecule has 0 radical (unpaired) electrons. The van der Waals surface area contributed by atoms with Crippen molar-refractivity contribution < 1.29 is 27.5 Å². The number of hydrogen-bond acceptors (Lipinski definition) is 4. The van der Waals surface area contributed by atoms with E-state index in [-0.39, 0.29) is 22.6 Å². The lowest BCUT2D eigenvalue weighted by atomic mass is 9.99. The fourth-order valence-electron chi connectivity index (χ4n) is 3.71. The van der Waals surface area contributed by atoms with Crippen LogP contribution in [0.4, 0.5) is 24.5 Å². The number of nitrogens with one attached hydrogen (secondary N) is 1. The summed E-state index contributed by atoms with van der Waals surface area (Å²) in [6.45, 7) is 3.79. The molecule has 0 aliphatic carbocycles. The minimum absolute atomic E-state index is 0.0415. The Bertz CT molecular complexity index is 1330. The van der Waals surface area contributed by atoms with E-state index in [0.29, 0.717) is 11.3 Å². The minimum atomic E-state index is -4.55. The van der Waals surface area contributed by atoms with Gasteiger partial charge in [0, 0.05) is 11.8 Å². The highest BCUT2D eigenvalue weighted by atomic mass is 19.4. The zero-order chi connectivity index (χ0) is 24.6. The Morgan fingerprint density at radius 2 is 1.59 bits per heavy atom. The Labute approximate surface area is 194 Å². The van der Waals surface area contributed by atoms with Gasteiger partial charge in [-0.3, -0.25) is 9.59 Å². The summed E-state index contributed by atoms with van der Waals surface area (Å²) in [5, 5.41) is 2.78. The second kappa shape index (κ2) is 8.70. The standard InChI is InChI=1S/C26H21F3N2O3/c1-15-10-11-17(12-16(15)2)22-23(30-19-7-4-6-18(13-19)26(27,28)29)25(33)31(24(22)32)20-8-5-9-21(14-20)34-3/h4-14,30H,1-3H3. The number of alkyl halides is 3. The minimum Gasteiger partial charge on any atom is -0.497 e. The van der Waals surface area contributed by atoms with Crippen molar-refractivity contribution in [2.45, 2.75) is 20.0 Å². The SMILES string of the molecule is COc1cccc(N2C(=O)C(Nc3cccc(C(F)(F)F)c3)=C(c3ccc(C)c(C)c3)C2=O)c1. The van der Waals surface area contributed by atoms with Gasteiger partial charge in [-0.2, -0.15) is 13.2 Å². The first kappa shape index (κ1) is 23.1. The van der Waals surface area contributed by atoms with Gasteiger partial charge in [-0.25, -0.2) is 4.90 Å². The van der Waals surface area contributed by atoms with Crippen molar-refractivity contribution in [2.75, 3.05) is 17.3 Å². The number of amides is 2. The van der Waals surface area contributed by atoms with E-state index in [9.17, 15) is 22.8 Å². The molecule has 0 bridgehead atoms. The van der Waals surface area contributed by atoms with Crippen molar-refractivity contribution in [1.82, 2.24) is 0 Å². The second-order valence-corrected chi connectivity index (χ2v) is 7.90. The molecule has 0 saturated heterocycles. The molecule has 4 rings (SSSR count). The summed E-state index contributed by atoms with van der Waals surface area (Å²) in [6.07, 6.45) is -4.55. The van der Waals surface area contributed by atoms with E-state index in [2.05, 4.69) is 5.32 Å². The van der Waals surface area contributed by atoms with Gasteiger partial charge in [0.05, 0.1) is 23.9 Å². The zero-order valence-electron chi connectivity index (χ0n) is 18.7. The predicted octanol–water partition coefficient (Wildman–Crippen LogP) is 5.73. The van der Waals surface area contributed by atoms with Crippen LogP contribution in [0.2, 0.25) is 0 Å². The maximum Gasteiger partial charge on any atom is 0.416 e. The Morgan fingerprint density at radius 1 is 0.853 bits per heavy atom. The van der Waals surface area contributed by atoms with E-state index in [1.165, 1.54) is 19.2 Å². The molecule has 3 aromatic rings. The van der Waals surface area contributed by atoms with Crippen molar-refractivity contribution in [3.63, 3.8) is 0 Å². The highest BCUT2D eigenvalue weighted by Gasteiger charge is 2.40. The number of nitrogens with zero attached hydrogens (tertiary/aromatic N) is 1. The number of benzene rings is 3. The summed E-state index contributed by atoms with van der Waals surface area (Å²) in [6, 6.07) is 16.2. The number of carbonyl (C=O) groups is 2. The third-order valence-corrected chi connectivity index (χ3v) is 5.65. The molecule has 0 unspecified atom stereocenters. The van der Waals surface area contributed by atoms with E-state index in [1.807, 2.05) is 19.9 Å². The lowest BCUT2D eigenvalue weighted by Crippen LogP contribution is -2.32. The number of anilines is 2. The van der Waals surface area contributed by atoms with Crippen LogP contribution in [0.3, 0.4) is 0 Å². The van der Waals surface area contributed by atoms with Gasteiger partial charge in [-0.15, -0.1) is 0 Å². The van der Waals surface area contributed by atoms with E-state index in [0.717, 1.165) is 28.2 Å². The summed E-state index contributed by atoms with van der Waals surface area (Å²) in [7, 11) is 1.46. The van der Waals surface area contributed by atoms with Gasteiger partial charge in [-0.05, 0) is 60.9 Å². The van der Waals surface area contributed by atoms with Crippen LogP contribution in [-0.4, -0.2) is 18.9 Å². The van der Waals surface area contributed by atoms with Gasteiger partial charge in [0.2, 0.25) is 0 Å². The van der Waals surface area contributed by atoms with Crippen LogP contribution in [0.15, 0.2) is 72.4 Å². The smallest absolute Gasteiger partial charge is 0.416 e. The van der Waals surface area contributed by atoms with Crippen LogP contribution in [0.25, 0.3) is 5.57 Å². The third-order valence-electron chi connectivity index (χ3n) is 5.65. The van der Waals surface area contributed by atoms with Crippen molar-refractivity contribution >= 4 is 28.8 Å². The van der Waals surface area contributed by atoms with E-state index < -0.39 is 23.6 Å². The molecule has 5 nitrogen and oxygen atoms in total. The van der Waals surface area contributed by atoms with E-state index in [4.69, 9.17) is 4.74 Å². The molecular formula is C26H21F3N2O3. The molecular weight excluding hydrogens is 445 g/mol. The van der Waals surface area contributed by atoms with Crippen molar-refractivity contribution in [3.05, 3.63) is 94.7 Å². The van der Waals surface area contributed by atoms with Gasteiger partial charge in [0.1, 0.15) is 11.4 Å². The number of aryl methyl sites for hydroxylation is 2. The first-order valence-corrected chi connectivity index (χ1v) is 10.4. The molecule has 1 aliphatic heterocycles. The Hall–Kier alpha value is -4.07. The monoisotopic (exact) mass is 466 g/mol. The number of carbonyl (C=O) groups excluding carboxylic acids is 2. The highest BCUT2D eigenvalue weighted by Crippen LogP contribution is 2.36. The maximum atomic E-state index is 13.5. The van der Waals surface area contributed by atoms with E-state index >= 15 is 0 Å². The molecule has 1 heterocycles. The topological polar surface area (TPSA) is 58.6 Å². The van der Waals surface area contributed by atoms with Crippen molar-refractivity contribution in [2.24, 2.45) is 0 Å². The van der Waals surface area contributed by atoms with E-state index in [1.54, 1.807) is 36.4 Å². The number of hydrogen-bond donors (Lipinski definition) is 1. The summed E-state index contributed by atoms with van der Waals surface area (Å²) < 4.78 is 44.9. The molecule has 0 aromatic heterocycles. The zero-order valence-corrected chi connectivity index (χ0v) is 18.7. The van der Waals surface area contributed by atoms with Crippen LogP contribution >= 0.6 is 0 Å². The Morgan fingerprint density at radius 3 is 2.26 bits per heavy atom. The lowest BCUT2D eigenvalue weighted by Gasteiger charge is -2.16. The Kier molecular flexibility index (Phi) is 5.91. The van der Waals surface area contributed by atoms with Crippen LogP contribution in [0.5, 0.6) is 5.75 Å². The van der Waals surface area contributed by atoms with Crippen LogP contribution in [-0.2, 0) is 15.8 Å². The number of methoxy groups -OCH3 is 1. The molecule has 1 N–H and O–H groups in total. The van der Waals surface area contributed by atoms with Gasteiger partial charge in [0.25, 0.3) is 11.8 Å². The molecule has 0 atom stereocenters. The molecule has 0 fully saturated rings. The lowest BCUT2D eigenvalue weighted by molar-refractivity contribution is -0.137. The summed E-state index contributed by atoms with van der Waals surface area (Å²) in [5.74, 6) is -0.815. The largest absolute Gasteiger partial charge is 0.497 e. The van der Waals surface area contributed by atoms with Gasteiger partial charge >= 0.3 is 6.18 Å². The average Bonchev–Trinajstić information content (AvgIpc) is 3.04. The molecule has 1 aliphatic rings. The molecule has 2 amide bonds. The molecule has 8 heteroatoms. The molecule has 0 saturated carbocycles. The first-order valence-electron chi connectivity index (χ1n) is 10.4. The number of halogens is 3. The van der Waals surface area contributed by atoms with Crippen LogP contribution in [0.1, 0.15) is 22.3 Å². The normalized spacial score (nSPS) is 14.1. The number of rotatable bonds is 5. The second-order valence-electron chi connectivity index (χ2n) is 7.90. The highest BCUT2D eigenvalue weighted by molar-refractivity contribution is 6.46. The van der Waals surface area contributed by atoms with Crippen molar-refractivity contribution in [3.8, 4) is 5.75 Å². The quantitative estimate of drug-likeness (QED) is 0.488. The summed E-state index contributed by atoms with van der Waals surface area (Å²) in [4.78, 5) is 28.0. The van der Waals surface area contributed by atoms with Gasteiger partial charge in [-0.1, -0.05) is 30.3 Å². The predicted molar refractivity (Wildman–Crippen MR) is 123 cm³/mol. The summed E-state index contributed by atoms with van der Waals surface area (Å²) >= 11 is 0. The maximum absolute atomic E-state index is 13.5. The fourth-order valence-corrected chi connectivity index (χ4v) is 3.71. The summed E-state index contributed by atoms with van der Waals surface area (Å²) in [5.41, 5.74) is 1.83. The van der Waals surface area contributed by atoms with Crippen molar-refractivity contribution in [1.29, 1.82) is 0 Å². The Balaban J connectivity index is 1.84. The van der Waals surface area contributed by atoms with Gasteiger partial charge in [0.15, 0.2) is 0 Å². The molecule has 174 valence electrons.